The Kier molecular flexibility index (Phi) is 1.78. The molecule has 0 saturated carbocycles. The average Bonchev–Trinajstić information content (AvgIpc) is 2.34. The van der Waals surface area contributed by atoms with E-state index in [1.165, 1.54) is 0 Å². The SMILES string of the molecule is CCOC(=O)C1=C(C)C1(C)C. The Morgan fingerprint density at radius 1 is 1.55 bits per heavy atom. The lowest BCUT2D eigenvalue weighted by atomic mass is 10.0. The van der Waals surface area contributed by atoms with E-state index >= 15 is 0 Å². The fourth-order valence-electron chi connectivity index (χ4n) is 1.27. The van der Waals surface area contributed by atoms with Gasteiger partial charge in [-0.1, -0.05) is 19.4 Å². The van der Waals surface area contributed by atoms with Crippen molar-refractivity contribution < 1.29 is 9.53 Å². The highest BCUT2D eigenvalue weighted by atomic mass is 16.5. The minimum atomic E-state index is -0.144. The molecule has 11 heavy (non-hydrogen) atoms. The van der Waals surface area contributed by atoms with E-state index in [1.807, 2.05) is 27.7 Å². The number of hydrogen-bond donors (Lipinski definition) is 0. The fourth-order valence-corrected chi connectivity index (χ4v) is 1.27. The zero-order valence-electron chi connectivity index (χ0n) is 7.52. The molecule has 0 spiro atoms. The number of rotatable bonds is 2. The summed E-state index contributed by atoms with van der Waals surface area (Å²) in [5.41, 5.74) is 2.03. The molecule has 0 aliphatic heterocycles. The van der Waals surface area contributed by atoms with E-state index < -0.39 is 0 Å². The highest BCUT2D eigenvalue weighted by Gasteiger charge is 2.46. The molecular formula is C9H14O2. The molecule has 0 heterocycles. The Bertz CT molecular complexity index is 224. The number of esters is 1. The van der Waals surface area contributed by atoms with Crippen molar-refractivity contribution in [3.63, 3.8) is 0 Å². The summed E-state index contributed by atoms with van der Waals surface area (Å²) >= 11 is 0. The number of carbonyl (C=O) groups is 1. The lowest BCUT2D eigenvalue weighted by Crippen LogP contribution is -2.06. The van der Waals surface area contributed by atoms with Crippen molar-refractivity contribution in [1.29, 1.82) is 0 Å². The minimum absolute atomic E-state index is 0.00620. The van der Waals surface area contributed by atoms with Crippen molar-refractivity contribution in [3.8, 4) is 0 Å². The Morgan fingerprint density at radius 3 is 2.27 bits per heavy atom. The lowest BCUT2D eigenvalue weighted by Gasteiger charge is -2.03. The van der Waals surface area contributed by atoms with Gasteiger partial charge in [0.1, 0.15) is 0 Å². The molecule has 0 saturated heterocycles. The van der Waals surface area contributed by atoms with Crippen LogP contribution in [0.3, 0.4) is 0 Å². The molecule has 0 radical (unpaired) electrons. The summed E-state index contributed by atoms with van der Waals surface area (Å²) in [6, 6.07) is 0. The second kappa shape index (κ2) is 2.36. The van der Waals surface area contributed by atoms with Crippen molar-refractivity contribution in [2.75, 3.05) is 6.61 Å². The van der Waals surface area contributed by atoms with Crippen molar-refractivity contribution in [2.45, 2.75) is 27.7 Å². The van der Waals surface area contributed by atoms with Gasteiger partial charge < -0.3 is 4.74 Å². The predicted octanol–water partition coefficient (Wildman–Crippen LogP) is 1.91. The van der Waals surface area contributed by atoms with Crippen molar-refractivity contribution in [1.82, 2.24) is 0 Å². The fraction of sp³-hybridized carbons (Fsp3) is 0.667. The molecule has 0 bridgehead atoms. The van der Waals surface area contributed by atoms with E-state index in [-0.39, 0.29) is 11.4 Å². The molecule has 0 unspecified atom stereocenters. The van der Waals surface area contributed by atoms with Gasteiger partial charge in [0.25, 0.3) is 0 Å². The topological polar surface area (TPSA) is 26.3 Å². The van der Waals surface area contributed by atoms with Crippen LogP contribution >= 0.6 is 0 Å². The third-order valence-electron chi connectivity index (χ3n) is 2.35. The standard InChI is InChI=1S/C9H14O2/c1-5-11-8(10)7-6(2)9(7,3)4/h5H2,1-4H3. The summed E-state index contributed by atoms with van der Waals surface area (Å²) in [4.78, 5) is 11.2. The molecule has 0 amide bonds. The lowest BCUT2D eigenvalue weighted by molar-refractivity contribution is -0.138. The molecule has 0 fully saturated rings. The van der Waals surface area contributed by atoms with Crippen molar-refractivity contribution in [2.24, 2.45) is 5.41 Å². The van der Waals surface area contributed by atoms with Gasteiger partial charge in [-0.25, -0.2) is 4.79 Å². The summed E-state index contributed by atoms with van der Waals surface area (Å²) in [6.07, 6.45) is 0. The molecule has 1 aliphatic rings. The summed E-state index contributed by atoms with van der Waals surface area (Å²) in [5.74, 6) is -0.144. The third kappa shape index (κ3) is 1.17. The maximum atomic E-state index is 11.2. The number of allylic oxidation sites excluding steroid dienone is 1. The first-order chi connectivity index (χ1) is 5.01. The minimum Gasteiger partial charge on any atom is -0.463 e. The predicted molar refractivity (Wildman–Crippen MR) is 43.1 cm³/mol. The molecule has 1 rings (SSSR count). The van der Waals surface area contributed by atoms with E-state index in [4.69, 9.17) is 4.74 Å². The van der Waals surface area contributed by atoms with Crippen LogP contribution in [0.25, 0.3) is 0 Å². The number of ether oxygens (including phenoxy) is 1. The maximum absolute atomic E-state index is 11.2. The molecule has 2 nitrogen and oxygen atoms in total. The van der Waals surface area contributed by atoms with Gasteiger partial charge in [-0.05, 0) is 13.8 Å². The molecule has 62 valence electrons. The molecule has 2 heteroatoms. The van der Waals surface area contributed by atoms with E-state index in [1.54, 1.807) is 0 Å². The monoisotopic (exact) mass is 154 g/mol. The van der Waals surface area contributed by atoms with Gasteiger partial charge >= 0.3 is 5.97 Å². The average molecular weight is 154 g/mol. The quantitative estimate of drug-likeness (QED) is 0.568. The van der Waals surface area contributed by atoms with Gasteiger partial charge in [-0.2, -0.15) is 0 Å². The first kappa shape index (κ1) is 8.31. The molecule has 0 aromatic rings. The van der Waals surface area contributed by atoms with E-state index in [2.05, 4.69) is 0 Å². The molecule has 0 N–H and O–H groups in total. The number of hydrogen-bond acceptors (Lipinski definition) is 2. The van der Waals surface area contributed by atoms with Crippen LogP contribution in [0.2, 0.25) is 0 Å². The van der Waals surface area contributed by atoms with Gasteiger partial charge in [0.2, 0.25) is 0 Å². The van der Waals surface area contributed by atoms with Crippen LogP contribution in [0.4, 0.5) is 0 Å². The maximum Gasteiger partial charge on any atom is 0.334 e. The smallest absolute Gasteiger partial charge is 0.334 e. The highest BCUT2D eigenvalue weighted by Crippen LogP contribution is 2.51. The Morgan fingerprint density at radius 2 is 2.00 bits per heavy atom. The van der Waals surface area contributed by atoms with Gasteiger partial charge in [0, 0.05) is 11.0 Å². The van der Waals surface area contributed by atoms with Gasteiger partial charge in [-0.3, -0.25) is 0 Å². The van der Waals surface area contributed by atoms with Gasteiger partial charge in [0.05, 0.1) is 6.61 Å². The zero-order valence-corrected chi connectivity index (χ0v) is 7.52. The molecule has 0 atom stereocenters. The molecule has 1 aliphatic carbocycles. The molecular weight excluding hydrogens is 140 g/mol. The largest absolute Gasteiger partial charge is 0.463 e. The Labute approximate surface area is 67.2 Å². The van der Waals surface area contributed by atoms with Crippen LogP contribution in [-0.4, -0.2) is 12.6 Å². The summed E-state index contributed by atoms with van der Waals surface area (Å²) < 4.78 is 4.88. The second-order valence-corrected chi connectivity index (χ2v) is 3.35. The molecule has 0 aromatic carbocycles. The van der Waals surface area contributed by atoms with Crippen LogP contribution in [0.15, 0.2) is 11.1 Å². The first-order valence-electron chi connectivity index (χ1n) is 3.90. The Hall–Kier alpha value is -0.790. The van der Waals surface area contributed by atoms with Crippen LogP contribution in [0.5, 0.6) is 0 Å². The highest BCUT2D eigenvalue weighted by molar-refractivity contribution is 5.97. The van der Waals surface area contributed by atoms with E-state index in [0.717, 1.165) is 11.1 Å². The summed E-state index contributed by atoms with van der Waals surface area (Å²) in [7, 11) is 0. The van der Waals surface area contributed by atoms with Crippen LogP contribution in [-0.2, 0) is 9.53 Å². The Balaban J connectivity index is 2.59. The second-order valence-electron chi connectivity index (χ2n) is 3.35. The van der Waals surface area contributed by atoms with Crippen molar-refractivity contribution in [3.05, 3.63) is 11.1 Å². The normalized spacial score (nSPS) is 20.0. The summed E-state index contributed by atoms with van der Waals surface area (Å²) in [6.45, 7) is 8.34. The third-order valence-corrected chi connectivity index (χ3v) is 2.35. The molecule has 0 aromatic heterocycles. The number of carbonyl (C=O) groups excluding carboxylic acids is 1. The van der Waals surface area contributed by atoms with E-state index in [9.17, 15) is 4.79 Å². The van der Waals surface area contributed by atoms with E-state index in [0.29, 0.717) is 6.61 Å². The zero-order chi connectivity index (χ0) is 8.65. The van der Waals surface area contributed by atoms with Gasteiger partial charge in [0.15, 0.2) is 0 Å². The van der Waals surface area contributed by atoms with Crippen LogP contribution < -0.4 is 0 Å². The van der Waals surface area contributed by atoms with Crippen molar-refractivity contribution >= 4 is 5.97 Å². The first-order valence-corrected chi connectivity index (χ1v) is 3.90. The summed E-state index contributed by atoms with van der Waals surface area (Å²) in [5, 5.41) is 0. The van der Waals surface area contributed by atoms with Gasteiger partial charge in [-0.15, -0.1) is 0 Å². The van der Waals surface area contributed by atoms with Crippen LogP contribution in [0.1, 0.15) is 27.7 Å². The van der Waals surface area contributed by atoms with Crippen LogP contribution in [0, 0.1) is 5.41 Å².